The number of carboxylic acid groups (broad SMARTS) is 2. The van der Waals surface area contributed by atoms with Crippen molar-refractivity contribution in [2.45, 2.75) is 19.6 Å². The minimum Gasteiger partial charge on any atom is -0.744 e. The van der Waals surface area contributed by atoms with Crippen molar-refractivity contribution in [3.8, 4) is 5.75 Å². The third-order valence-electron chi connectivity index (χ3n) is 7.46. The number of nitrogen functional groups attached to an aromatic ring is 1. The van der Waals surface area contributed by atoms with Crippen LogP contribution in [0.25, 0.3) is 10.8 Å². The van der Waals surface area contributed by atoms with Crippen LogP contribution < -0.4 is 204 Å². The number of nitrogens with two attached hydrogens (primary N) is 1. The summed E-state index contributed by atoms with van der Waals surface area (Å²) in [5.41, 5.74) is 0.277. The van der Waals surface area contributed by atoms with Crippen molar-refractivity contribution < 1.29 is 283 Å². The van der Waals surface area contributed by atoms with Crippen LogP contribution in [0, 0.1) is 0 Å². The van der Waals surface area contributed by atoms with Crippen LogP contribution in [-0.4, -0.2) is 84.5 Å². The van der Waals surface area contributed by atoms with Gasteiger partial charge in [0.25, 0.3) is 0 Å². The summed E-state index contributed by atoms with van der Waals surface area (Å²) in [6.07, 6.45) is 0. The van der Waals surface area contributed by atoms with Crippen molar-refractivity contribution in [1.29, 1.82) is 0 Å². The summed E-state index contributed by atoms with van der Waals surface area (Å²) in [4.78, 5) is 20.9. The number of hydrogen-bond donors (Lipinski definition) is 2. The number of aromatic hydroxyl groups is 1. The Morgan fingerprint density at radius 3 is 1.57 bits per heavy atom. The van der Waals surface area contributed by atoms with Gasteiger partial charge in [0, 0.05) is 11.1 Å². The number of fused-ring (bicyclic) bond motifs is 1. The van der Waals surface area contributed by atoms with E-state index < -0.39 is 153 Å². The maximum Gasteiger partial charge on any atom is 1.00 e. The molecule has 0 aliphatic heterocycles. The van der Waals surface area contributed by atoms with Gasteiger partial charge in [-0.15, -0.1) is 24.8 Å². The Morgan fingerprint density at radius 1 is 0.662 bits per heavy atom. The van der Waals surface area contributed by atoms with Gasteiger partial charge in [-0.3, -0.25) is 18.4 Å². The normalized spacial score (nSPS) is 11.6. The molecule has 0 unspecified atom stereocenters. The van der Waals surface area contributed by atoms with Crippen molar-refractivity contribution in [3.05, 3.63) is 59.7 Å². The fourth-order valence-electron chi connectivity index (χ4n) is 4.83. The van der Waals surface area contributed by atoms with Crippen LogP contribution in [0.3, 0.4) is 0 Å². The first-order valence-corrected chi connectivity index (χ1v) is 22.9. The van der Waals surface area contributed by atoms with E-state index in [1.54, 1.807) is 0 Å². The molecular formula is C28H19N5Na6O23S6. The number of anilines is 1. The maximum absolute atomic E-state index is 12.7. The molecule has 0 atom stereocenters. The zero-order chi connectivity index (χ0) is 46.2. The average Bonchev–Trinajstić information content (AvgIpc) is 3.17. The molecule has 0 saturated carbocycles. The average molecular weight is 1120 g/mol. The number of benzene rings is 4. The van der Waals surface area contributed by atoms with E-state index in [1.807, 2.05) is 0 Å². The number of carbonyl (C=O) groups excluding carboxylic acids is 2. The summed E-state index contributed by atoms with van der Waals surface area (Å²) >= 11 is 0.0325. The molecule has 40 heteroatoms. The smallest absolute Gasteiger partial charge is 0.744 e. The number of phenolic OH excluding ortho intramolecular Hbond substituents is 1. The first kappa shape index (κ1) is 73.2. The second kappa shape index (κ2) is 32.4. The minimum atomic E-state index is -5.60. The standard InChI is InChI=1S/C28H25N5O23S6.6Na/c29-23-22-13(10-21(61(45,46)47)25(23)33-31-19-4-2-15(12-17(19)28(37)38)60(43,44)8-6-52-62(48,49)50)9-20(57-55-53-39)24(26(22)34)32-30-18-3-1-14(11-16(18)27(35)36)59(41,42)7-5-51-58-56-54-40;;;;;;/h1-4,9-12,34,39-40H,5-8,29H2,(H,35,36)(H,37,38)(H,45,46,47)(H,48,49,50);;;;;;/q;6*+1/p-6. The van der Waals surface area contributed by atoms with Crippen LogP contribution in [0.2, 0.25) is 0 Å². The number of hydrogen-bond acceptors (Lipinski definition) is 30. The van der Waals surface area contributed by atoms with Gasteiger partial charge in [0.1, 0.15) is 21.5 Å². The molecule has 0 radical (unpaired) electrons. The molecule has 4 aromatic carbocycles. The SMILES string of the molecule is Nc1c(N=Nc2ccc(S(=O)(=O)CCOS(=O)(=O)[O-])cc2C(=O)[O-])c(S(=O)(=O)[O-])cc2cc(SOO[O-])c(N=Nc3ccc(S(=O)(=O)CCOSOO[O-])cc3C(=O)[O-])c(O)c12.[Na+].[Na+].[Na+].[Na+].[Na+].[Na+]. The van der Waals surface area contributed by atoms with Gasteiger partial charge >= 0.3 is 177 Å². The van der Waals surface area contributed by atoms with E-state index in [9.17, 15) is 78.2 Å². The van der Waals surface area contributed by atoms with Crippen molar-refractivity contribution in [2.75, 3.05) is 30.5 Å². The molecule has 0 spiro atoms. The summed E-state index contributed by atoms with van der Waals surface area (Å²) in [7, 11) is -19.7. The van der Waals surface area contributed by atoms with Gasteiger partial charge in [-0.25, -0.2) is 33.7 Å². The number of rotatable bonds is 22. The number of carbonyl (C=O) groups is 2. The molecule has 3 N–H and O–H groups in total. The number of carboxylic acids is 2. The van der Waals surface area contributed by atoms with E-state index in [0.29, 0.717) is 24.3 Å². The topological polar surface area (TPSA) is 460 Å². The zero-order valence-electron chi connectivity index (χ0n) is 35.7. The summed E-state index contributed by atoms with van der Waals surface area (Å²) < 4.78 is 137. The number of nitrogens with zero attached hydrogens (tertiary/aromatic N) is 4. The molecule has 0 aliphatic rings. The van der Waals surface area contributed by atoms with E-state index in [0.717, 1.165) is 24.3 Å². The van der Waals surface area contributed by atoms with Gasteiger partial charge < -0.3 is 50.3 Å². The van der Waals surface area contributed by atoms with Crippen LogP contribution in [-0.2, 0) is 67.3 Å². The summed E-state index contributed by atoms with van der Waals surface area (Å²) in [5, 5.41) is 75.8. The molecule has 0 fully saturated rings. The third kappa shape index (κ3) is 20.6. The Hall–Kier alpha value is 0.980. The summed E-state index contributed by atoms with van der Waals surface area (Å²) in [6, 6.07) is 5.82. The van der Waals surface area contributed by atoms with Crippen molar-refractivity contribution in [2.24, 2.45) is 20.5 Å². The van der Waals surface area contributed by atoms with E-state index in [4.69, 9.17) is 5.73 Å². The first-order chi connectivity index (χ1) is 28.9. The Kier molecular flexibility index (Phi) is 34.9. The van der Waals surface area contributed by atoms with Crippen molar-refractivity contribution in [3.63, 3.8) is 0 Å². The van der Waals surface area contributed by atoms with Crippen LogP contribution in [0.4, 0.5) is 28.4 Å². The quantitative estimate of drug-likeness (QED) is 0.00849. The molecule has 28 nitrogen and oxygen atoms in total. The minimum absolute atomic E-state index is 0. The van der Waals surface area contributed by atoms with E-state index >= 15 is 0 Å². The molecule has 0 amide bonds. The number of aromatic carboxylic acids is 2. The van der Waals surface area contributed by atoms with Crippen LogP contribution in [0.1, 0.15) is 20.7 Å². The van der Waals surface area contributed by atoms with Crippen molar-refractivity contribution >= 4 is 116 Å². The molecule has 0 saturated heterocycles. The second-order valence-electron chi connectivity index (χ2n) is 11.2. The van der Waals surface area contributed by atoms with Crippen LogP contribution in [0.5, 0.6) is 5.75 Å². The Labute approximate surface area is 525 Å². The van der Waals surface area contributed by atoms with Gasteiger partial charge in [-0.05, 0) is 53.9 Å². The van der Waals surface area contributed by atoms with Gasteiger partial charge in [-0.1, -0.05) is 0 Å². The van der Waals surface area contributed by atoms with Gasteiger partial charge in [0.2, 0.25) is 10.4 Å². The largest absolute Gasteiger partial charge is 1.00 e. The van der Waals surface area contributed by atoms with Gasteiger partial charge in [0.05, 0.1) is 90.7 Å². The molecule has 0 bridgehead atoms. The van der Waals surface area contributed by atoms with E-state index in [2.05, 4.69) is 47.6 Å². The Balaban J connectivity index is -0.00000704. The monoisotopic (exact) mass is 1120 g/mol. The molecular weight excluding hydrogens is 1100 g/mol. The predicted octanol–water partition coefficient (Wildman–Crippen LogP) is -19.3. The zero-order valence-corrected chi connectivity index (χ0v) is 52.6. The fraction of sp³-hybridized carbons (Fsp3) is 0.143. The van der Waals surface area contributed by atoms with E-state index in [-0.39, 0.29) is 202 Å². The fourth-order valence-corrected chi connectivity index (χ4v) is 8.92. The molecule has 4 aromatic rings. The maximum atomic E-state index is 12.7. The number of sulfone groups is 2. The Morgan fingerprint density at radius 2 is 1.13 bits per heavy atom. The molecule has 0 heterocycles. The molecule has 0 aliphatic carbocycles. The molecule has 0 aromatic heterocycles. The molecule has 68 heavy (non-hydrogen) atoms. The van der Waals surface area contributed by atoms with Gasteiger partial charge in [0.15, 0.2) is 37.7 Å². The first-order valence-electron chi connectivity index (χ1n) is 15.5. The number of phenols is 1. The van der Waals surface area contributed by atoms with Crippen LogP contribution in [0.15, 0.2) is 88.6 Å². The second-order valence-corrected chi connectivity index (χ2v) is 19.1. The van der Waals surface area contributed by atoms with Crippen LogP contribution >= 0.6 is 24.4 Å². The summed E-state index contributed by atoms with van der Waals surface area (Å²) in [5.74, 6) is -7.00. The van der Waals surface area contributed by atoms with E-state index in [1.165, 1.54) is 0 Å². The van der Waals surface area contributed by atoms with Gasteiger partial charge in [-0.2, -0.15) is 4.33 Å². The summed E-state index contributed by atoms with van der Waals surface area (Å²) in [6.45, 7) is -1.71. The Bertz CT molecular complexity index is 2940. The molecule has 336 valence electrons. The molecule has 4 rings (SSSR count). The predicted molar refractivity (Wildman–Crippen MR) is 191 cm³/mol. The third-order valence-corrected chi connectivity index (χ3v) is 13.1. The van der Waals surface area contributed by atoms with Crippen molar-refractivity contribution in [1.82, 2.24) is 0 Å². The number of azo groups is 2.